The van der Waals surface area contributed by atoms with E-state index in [-0.39, 0.29) is 17.9 Å². The second-order valence-corrected chi connectivity index (χ2v) is 7.22. The van der Waals surface area contributed by atoms with Crippen molar-refractivity contribution in [3.63, 3.8) is 0 Å². The summed E-state index contributed by atoms with van der Waals surface area (Å²) in [5, 5.41) is 4.33. The summed E-state index contributed by atoms with van der Waals surface area (Å²) in [7, 11) is 9.23. The first kappa shape index (κ1) is 18.2. The molecule has 0 aliphatic carbocycles. The molecule has 1 aliphatic heterocycles. The molecule has 28 heavy (non-hydrogen) atoms. The van der Waals surface area contributed by atoms with E-state index in [1.165, 1.54) is 10.7 Å². The maximum Gasteiger partial charge on any atom is 0.274 e. The summed E-state index contributed by atoms with van der Waals surface area (Å²) in [6.07, 6.45) is 3.79. The number of nitrogens with zero attached hydrogens (tertiary/aromatic N) is 5. The molecule has 1 atom stereocenters. The van der Waals surface area contributed by atoms with E-state index in [4.69, 9.17) is 7.85 Å². The van der Waals surface area contributed by atoms with E-state index >= 15 is 0 Å². The zero-order valence-corrected chi connectivity index (χ0v) is 16.1. The summed E-state index contributed by atoms with van der Waals surface area (Å²) in [5.74, 6) is -0.181. The molecule has 2 amide bonds. The lowest BCUT2D eigenvalue weighted by atomic mass is 9.89. The van der Waals surface area contributed by atoms with Crippen molar-refractivity contribution in [2.45, 2.75) is 19.4 Å². The van der Waals surface area contributed by atoms with Crippen molar-refractivity contribution in [3.05, 3.63) is 59.0 Å². The van der Waals surface area contributed by atoms with E-state index in [9.17, 15) is 9.59 Å². The van der Waals surface area contributed by atoms with E-state index in [1.54, 1.807) is 36.2 Å². The first-order valence-electron chi connectivity index (χ1n) is 9.12. The van der Waals surface area contributed by atoms with Crippen molar-refractivity contribution < 1.29 is 9.59 Å². The zero-order chi connectivity index (χ0) is 20.0. The summed E-state index contributed by atoms with van der Waals surface area (Å²) < 4.78 is 1.51. The predicted molar refractivity (Wildman–Crippen MR) is 106 cm³/mol. The molecular weight excluding hydrogens is 353 g/mol. The van der Waals surface area contributed by atoms with Crippen molar-refractivity contribution in [2.75, 3.05) is 20.6 Å². The number of hydrogen-bond donors (Lipinski definition) is 0. The van der Waals surface area contributed by atoms with Crippen molar-refractivity contribution in [1.29, 1.82) is 0 Å². The molecular formula is C20H20BN5O2. The van der Waals surface area contributed by atoms with Crippen LogP contribution in [0.4, 0.5) is 0 Å². The molecule has 8 heteroatoms. The smallest absolute Gasteiger partial charge is 0.274 e. The molecule has 0 saturated heterocycles. The number of carbonyl (C=O) groups excluding carboxylic acids is 2. The Balaban J connectivity index is 1.67. The van der Waals surface area contributed by atoms with E-state index < -0.39 is 0 Å². The van der Waals surface area contributed by atoms with Crippen LogP contribution in [0, 0.1) is 0 Å². The fourth-order valence-corrected chi connectivity index (χ4v) is 3.73. The molecule has 1 aromatic carbocycles. The minimum atomic E-state index is -0.161. The Hall–Kier alpha value is -3.16. The lowest BCUT2D eigenvalue weighted by Gasteiger charge is -2.35. The van der Waals surface area contributed by atoms with E-state index in [0.29, 0.717) is 35.3 Å². The topological polar surface area (TPSA) is 70.8 Å². The van der Waals surface area contributed by atoms with Gasteiger partial charge in [0.05, 0.1) is 6.04 Å². The second-order valence-electron chi connectivity index (χ2n) is 7.22. The molecule has 3 heterocycles. The second kappa shape index (κ2) is 6.78. The first-order chi connectivity index (χ1) is 13.4. The van der Waals surface area contributed by atoms with Gasteiger partial charge in [0, 0.05) is 44.7 Å². The van der Waals surface area contributed by atoms with Gasteiger partial charge in [0.1, 0.15) is 7.85 Å². The number of benzene rings is 1. The Morgan fingerprint density at radius 3 is 2.82 bits per heavy atom. The molecule has 0 saturated carbocycles. The third-order valence-corrected chi connectivity index (χ3v) is 5.18. The molecule has 0 spiro atoms. The van der Waals surface area contributed by atoms with Gasteiger partial charge in [-0.15, -0.1) is 0 Å². The molecule has 140 valence electrons. The molecule has 2 aromatic heterocycles. The average Bonchev–Trinajstić information content (AvgIpc) is 3.10. The number of carbonyl (C=O) groups is 2. The van der Waals surface area contributed by atoms with Crippen molar-refractivity contribution in [3.8, 4) is 0 Å². The average molecular weight is 373 g/mol. The number of rotatable bonds is 2. The van der Waals surface area contributed by atoms with Crippen LogP contribution >= 0.6 is 0 Å². The van der Waals surface area contributed by atoms with Gasteiger partial charge in [-0.05, 0) is 30.5 Å². The van der Waals surface area contributed by atoms with Crippen LogP contribution in [-0.4, -0.2) is 64.7 Å². The van der Waals surface area contributed by atoms with Crippen molar-refractivity contribution >= 4 is 30.8 Å². The molecule has 2 radical (unpaired) electrons. The summed E-state index contributed by atoms with van der Waals surface area (Å²) in [5.41, 5.74) is 4.10. The summed E-state index contributed by atoms with van der Waals surface area (Å²) >= 11 is 0. The Morgan fingerprint density at radius 1 is 1.29 bits per heavy atom. The van der Waals surface area contributed by atoms with Crippen LogP contribution < -0.4 is 5.46 Å². The first-order valence-corrected chi connectivity index (χ1v) is 9.12. The SMILES string of the molecule is [B]c1cnc2cc(C(=O)N3CCc4c(C(=O)N(C)C)cccc4C3C)nn2c1. The Morgan fingerprint density at radius 2 is 2.07 bits per heavy atom. The maximum atomic E-state index is 13.1. The lowest BCUT2D eigenvalue weighted by molar-refractivity contribution is 0.0670. The number of aromatic nitrogens is 3. The van der Waals surface area contributed by atoms with Gasteiger partial charge in [-0.25, -0.2) is 9.50 Å². The van der Waals surface area contributed by atoms with Crippen LogP contribution in [-0.2, 0) is 6.42 Å². The van der Waals surface area contributed by atoms with Crippen LogP contribution in [0.15, 0.2) is 36.7 Å². The molecule has 3 aromatic rings. The number of amides is 2. The van der Waals surface area contributed by atoms with E-state index in [1.807, 2.05) is 25.1 Å². The minimum absolute atomic E-state index is 0.0205. The normalized spacial score (nSPS) is 16.1. The van der Waals surface area contributed by atoms with Crippen LogP contribution in [0.25, 0.3) is 5.65 Å². The van der Waals surface area contributed by atoms with Crippen LogP contribution in [0.3, 0.4) is 0 Å². The molecule has 7 nitrogen and oxygen atoms in total. The van der Waals surface area contributed by atoms with Gasteiger partial charge in [-0.3, -0.25) is 9.59 Å². The predicted octanol–water partition coefficient (Wildman–Crippen LogP) is 0.984. The van der Waals surface area contributed by atoms with Gasteiger partial charge >= 0.3 is 0 Å². The summed E-state index contributed by atoms with van der Waals surface area (Å²) in [4.78, 5) is 33.2. The minimum Gasteiger partial charge on any atom is -0.345 e. The monoisotopic (exact) mass is 373 g/mol. The summed E-state index contributed by atoms with van der Waals surface area (Å²) in [6, 6.07) is 7.21. The van der Waals surface area contributed by atoms with Crippen molar-refractivity contribution in [1.82, 2.24) is 24.4 Å². The largest absolute Gasteiger partial charge is 0.345 e. The van der Waals surface area contributed by atoms with Crippen LogP contribution in [0.2, 0.25) is 0 Å². The highest BCUT2D eigenvalue weighted by atomic mass is 16.2. The lowest BCUT2D eigenvalue weighted by Crippen LogP contribution is -2.40. The maximum absolute atomic E-state index is 13.1. The molecule has 0 N–H and O–H groups in total. The van der Waals surface area contributed by atoms with E-state index in [2.05, 4.69) is 10.1 Å². The third kappa shape index (κ3) is 2.94. The van der Waals surface area contributed by atoms with Gasteiger partial charge in [0.15, 0.2) is 11.3 Å². The molecule has 0 bridgehead atoms. The van der Waals surface area contributed by atoms with Crippen LogP contribution in [0.5, 0.6) is 0 Å². The fourth-order valence-electron chi connectivity index (χ4n) is 3.73. The van der Waals surface area contributed by atoms with Gasteiger partial charge in [0.25, 0.3) is 11.8 Å². The number of fused-ring (bicyclic) bond motifs is 2. The zero-order valence-electron chi connectivity index (χ0n) is 16.1. The highest BCUT2D eigenvalue weighted by Gasteiger charge is 2.32. The molecule has 1 unspecified atom stereocenters. The fraction of sp³-hybridized carbons (Fsp3) is 0.300. The Bertz CT molecular complexity index is 1090. The standard InChI is InChI=1S/C20H20BN5O2/c1-12-14-5-4-6-16(19(27)24(2)3)15(14)7-8-25(12)20(28)17-9-18-22-10-13(21)11-26(18)23-17/h4-6,9-12H,7-8H2,1-3H3. The number of hydrogen-bond acceptors (Lipinski definition) is 4. The van der Waals surface area contributed by atoms with Gasteiger partial charge in [-0.1, -0.05) is 17.6 Å². The molecule has 0 fully saturated rings. The van der Waals surface area contributed by atoms with E-state index in [0.717, 1.165) is 11.1 Å². The van der Waals surface area contributed by atoms with Gasteiger partial charge < -0.3 is 9.80 Å². The van der Waals surface area contributed by atoms with Crippen LogP contribution in [0.1, 0.15) is 44.9 Å². The highest BCUT2D eigenvalue weighted by molar-refractivity contribution is 6.31. The summed E-state index contributed by atoms with van der Waals surface area (Å²) in [6.45, 7) is 2.50. The molecule has 1 aliphatic rings. The molecule has 4 rings (SSSR count). The highest BCUT2D eigenvalue weighted by Crippen LogP contribution is 2.32. The van der Waals surface area contributed by atoms with Crippen molar-refractivity contribution in [2.24, 2.45) is 0 Å². The third-order valence-electron chi connectivity index (χ3n) is 5.18. The Kier molecular flexibility index (Phi) is 4.41. The van der Waals surface area contributed by atoms with Gasteiger partial charge in [0.2, 0.25) is 0 Å². The quantitative estimate of drug-likeness (QED) is 0.628. The van der Waals surface area contributed by atoms with Gasteiger partial charge in [-0.2, -0.15) is 5.10 Å². The Labute approximate surface area is 164 Å².